The maximum atomic E-state index is 13.2. The van der Waals surface area contributed by atoms with Gasteiger partial charge in [0.2, 0.25) is 5.62 Å². The first kappa shape index (κ1) is 25.1. The number of benzene rings is 2. The molecule has 0 amide bonds. The molecule has 2 aromatic heterocycles. The quantitative estimate of drug-likeness (QED) is 0.317. The van der Waals surface area contributed by atoms with Crippen molar-refractivity contribution < 1.29 is 14.9 Å². The number of pyridine rings is 1. The summed E-state index contributed by atoms with van der Waals surface area (Å²) in [5.74, 6) is 1.06. The molecule has 0 fully saturated rings. The zero-order chi connectivity index (χ0) is 25.5. The standard InChI is InChI=1S/C25H24ClN5O5/c26-18-4-2-17(3-5-18)15-31-23(29-24(34)30(25(31)35)12-1-13-32)28-19-6-8-21(9-7-19)36-22-10-11-27-20(14-22)16-33/h2-11,14,32-33H,1,12-13,15-16H2,(H,28,29,34). The topological polar surface area (TPSA) is 135 Å². The van der Waals surface area contributed by atoms with Crippen LogP contribution in [0.2, 0.25) is 5.02 Å². The Morgan fingerprint density at radius 3 is 2.42 bits per heavy atom. The minimum Gasteiger partial charge on any atom is -0.457 e. The minimum absolute atomic E-state index is 0.0740. The Morgan fingerprint density at radius 1 is 0.972 bits per heavy atom. The molecule has 0 aliphatic rings. The third-order valence-electron chi connectivity index (χ3n) is 5.23. The second kappa shape index (κ2) is 11.6. The van der Waals surface area contributed by atoms with Gasteiger partial charge in [0.05, 0.1) is 24.5 Å². The number of nitrogens with zero attached hydrogens (tertiary/aromatic N) is 4. The van der Waals surface area contributed by atoms with Gasteiger partial charge in [0.1, 0.15) is 11.5 Å². The van der Waals surface area contributed by atoms with E-state index in [2.05, 4.69) is 15.0 Å². The number of aromatic amines is 1. The van der Waals surface area contributed by atoms with Crippen LogP contribution in [0.25, 0.3) is 0 Å². The largest absolute Gasteiger partial charge is 0.457 e. The summed E-state index contributed by atoms with van der Waals surface area (Å²) < 4.78 is 8.19. The van der Waals surface area contributed by atoms with Crippen LogP contribution in [0.1, 0.15) is 17.7 Å². The lowest BCUT2D eigenvalue weighted by Crippen LogP contribution is -2.50. The van der Waals surface area contributed by atoms with Gasteiger partial charge >= 0.3 is 11.4 Å². The van der Waals surface area contributed by atoms with Gasteiger partial charge in [0, 0.05) is 30.4 Å². The molecule has 0 spiro atoms. The number of hydrogen-bond acceptors (Lipinski definition) is 7. The van der Waals surface area contributed by atoms with Gasteiger partial charge in [-0.3, -0.25) is 14.5 Å². The van der Waals surface area contributed by atoms with E-state index in [-0.39, 0.29) is 38.3 Å². The summed E-state index contributed by atoms with van der Waals surface area (Å²) in [6, 6.07) is 17.1. The van der Waals surface area contributed by atoms with Crippen LogP contribution in [0.4, 0.5) is 5.69 Å². The zero-order valence-corrected chi connectivity index (χ0v) is 19.9. The number of rotatable bonds is 9. The van der Waals surface area contributed by atoms with Crippen LogP contribution in [0, 0.1) is 0 Å². The average Bonchev–Trinajstić information content (AvgIpc) is 2.88. The second-order valence-corrected chi connectivity index (χ2v) is 8.26. The highest BCUT2D eigenvalue weighted by Crippen LogP contribution is 2.24. The first-order valence-corrected chi connectivity index (χ1v) is 11.5. The van der Waals surface area contributed by atoms with Gasteiger partial charge in [-0.2, -0.15) is 0 Å². The van der Waals surface area contributed by atoms with Gasteiger partial charge in [0.25, 0.3) is 0 Å². The molecule has 36 heavy (non-hydrogen) atoms. The van der Waals surface area contributed by atoms with E-state index in [0.29, 0.717) is 27.9 Å². The number of ether oxygens (including phenoxy) is 1. The number of H-pyrrole nitrogens is 1. The van der Waals surface area contributed by atoms with Crippen molar-refractivity contribution in [3.63, 3.8) is 0 Å². The smallest absolute Gasteiger partial charge is 0.335 e. The summed E-state index contributed by atoms with van der Waals surface area (Å²) in [6.07, 6.45) is 1.81. The summed E-state index contributed by atoms with van der Waals surface area (Å²) in [7, 11) is 0. The van der Waals surface area contributed by atoms with Crippen molar-refractivity contribution in [1.82, 2.24) is 19.1 Å². The molecule has 2 aromatic carbocycles. The SMILES string of the molecule is O=c1[nH]/c(=N\c2ccc(Oc3ccnc(CO)c3)cc2)n(Cc2ccc(Cl)cc2)c(=O)n1CCCO. The molecule has 0 atom stereocenters. The number of halogens is 1. The van der Waals surface area contributed by atoms with Gasteiger partial charge < -0.3 is 14.9 Å². The van der Waals surface area contributed by atoms with Crippen molar-refractivity contribution in [3.8, 4) is 11.5 Å². The molecule has 186 valence electrons. The van der Waals surface area contributed by atoms with E-state index in [0.717, 1.165) is 10.1 Å². The lowest BCUT2D eigenvalue weighted by atomic mass is 10.2. The minimum atomic E-state index is -0.614. The predicted molar refractivity (Wildman–Crippen MR) is 133 cm³/mol. The first-order chi connectivity index (χ1) is 17.5. The van der Waals surface area contributed by atoms with Gasteiger partial charge in [-0.05, 0) is 54.4 Å². The molecule has 4 aromatic rings. The number of nitrogens with one attached hydrogen (secondary N) is 1. The molecule has 0 aliphatic heterocycles. The lowest BCUT2D eigenvalue weighted by molar-refractivity contribution is 0.276. The fourth-order valence-electron chi connectivity index (χ4n) is 3.44. The zero-order valence-electron chi connectivity index (χ0n) is 19.2. The Balaban J connectivity index is 1.70. The van der Waals surface area contributed by atoms with E-state index in [1.807, 2.05) is 0 Å². The van der Waals surface area contributed by atoms with Crippen molar-refractivity contribution in [2.24, 2.45) is 4.99 Å². The Kier molecular flexibility index (Phi) is 8.11. The fraction of sp³-hybridized carbons (Fsp3) is 0.200. The fourth-order valence-corrected chi connectivity index (χ4v) is 3.56. The molecular weight excluding hydrogens is 486 g/mol. The Bertz CT molecular complexity index is 1510. The molecule has 11 heteroatoms. The number of hydrogen-bond donors (Lipinski definition) is 3. The highest BCUT2D eigenvalue weighted by molar-refractivity contribution is 6.30. The first-order valence-electron chi connectivity index (χ1n) is 11.1. The van der Waals surface area contributed by atoms with E-state index in [1.165, 1.54) is 4.57 Å². The van der Waals surface area contributed by atoms with E-state index in [9.17, 15) is 14.7 Å². The van der Waals surface area contributed by atoms with E-state index >= 15 is 0 Å². The summed E-state index contributed by atoms with van der Waals surface area (Å²) in [5, 5.41) is 18.9. The maximum Gasteiger partial charge on any atom is 0.335 e. The van der Waals surface area contributed by atoms with E-state index < -0.39 is 11.4 Å². The number of aromatic nitrogens is 4. The highest BCUT2D eigenvalue weighted by Gasteiger charge is 2.10. The van der Waals surface area contributed by atoms with Crippen LogP contribution in [-0.4, -0.2) is 35.9 Å². The van der Waals surface area contributed by atoms with Gasteiger partial charge in [-0.1, -0.05) is 23.7 Å². The van der Waals surface area contributed by atoms with Crippen LogP contribution < -0.4 is 21.7 Å². The number of aliphatic hydroxyl groups is 2. The third-order valence-corrected chi connectivity index (χ3v) is 5.48. The number of aliphatic hydroxyl groups excluding tert-OH is 2. The van der Waals surface area contributed by atoms with Crippen LogP contribution in [0.15, 0.2) is 81.4 Å². The van der Waals surface area contributed by atoms with Crippen LogP contribution in [0.5, 0.6) is 11.5 Å². The Labute approximate surface area is 210 Å². The van der Waals surface area contributed by atoms with Gasteiger partial charge in [0.15, 0.2) is 0 Å². The van der Waals surface area contributed by atoms with Gasteiger partial charge in [-0.15, -0.1) is 0 Å². The molecule has 4 rings (SSSR count). The lowest BCUT2D eigenvalue weighted by Gasteiger charge is -2.11. The van der Waals surface area contributed by atoms with Crippen molar-refractivity contribution in [2.45, 2.75) is 26.1 Å². The van der Waals surface area contributed by atoms with Crippen molar-refractivity contribution >= 4 is 17.3 Å². The van der Waals surface area contributed by atoms with Crippen LogP contribution in [0.3, 0.4) is 0 Å². The van der Waals surface area contributed by atoms with E-state index in [1.54, 1.807) is 66.9 Å². The summed E-state index contributed by atoms with van der Waals surface area (Å²) >= 11 is 5.98. The van der Waals surface area contributed by atoms with Crippen molar-refractivity contribution in [1.29, 1.82) is 0 Å². The van der Waals surface area contributed by atoms with Crippen LogP contribution in [-0.2, 0) is 19.7 Å². The Hall–Kier alpha value is -3.99. The third kappa shape index (κ3) is 6.16. The van der Waals surface area contributed by atoms with Crippen LogP contribution >= 0.6 is 11.6 Å². The summed E-state index contributed by atoms with van der Waals surface area (Å²) in [4.78, 5) is 37.0. The normalized spacial score (nSPS) is 11.6. The molecule has 10 nitrogen and oxygen atoms in total. The summed E-state index contributed by atoms with van der Waals surface area (Å²) in [6.45, 7) is -0.113. The second-order valence-electron chi connectivity index (χ2n) is 7.83. The molecule has 0 aliphatic carbocycles. The maximum absolute atomic E-state index is 13.2. The predicted octanol–water partition coefficient (Wildman–Crippen LogP) is 2.33. The average molecular weight is 510 g/mol. The van der Waals surface area contributed by atoms with Crippen molar-refractivity contribution in [2.75, 3.05) is 6.61 Å². The monoisotopic (exact) mass is 509 g/mol. The molecule has 0 radical (unpaired) electrons. The molecule has 0 saturated carbocycles. The molecule has 0 unspecified atom stereocenters. The van der Waals surface area contributed by atoms with Gasteiger partial charge in [-0.25, -0.2) is 19.1 Å². The molecule has 2 heterocycles. The van der Waals surface area contributed by atoms with Crippen molar-refractivity contribution in [3.05, 3.63) is 110 Å². The summed E-state index contributed by atoms with van der Waals surface area (Å²) in [5.41, 5.74) is 0.691. The molecule has 0 bridgehead atoms. The highest BCUT2D eigenvalue weighted by atomic mass is 35.5. The molecule has 3 N–H and O–H groups in total. The van der Waals surface area contributed by atoms with E-state index in [4.69, 9.17) is 21.4 Å². The molecule has 0 saturated heterocycles. The molecular formula is C25H24ClN5O5. The Morgan fingerprint density at radius 2 is 1.72 bits per heavy atom.